The average Bonchev–Trinajstić information content (AvgIpc) is 2.92. The van der Waals surface area contributed by atoms with E-state index >= 15 is 0 Å². The highest BCUT2D eigenvalue weighted by Crippen LogP contribution is 2.24. The zero-order chi connectivity index (χ0) is 14.2. The average molecular weight is 278 g/mol. The summed E-state index contributed by atoms with van der Waals surface area (Å²) in [5.41, 5.74) is 0.509. The van der Waals surface area contributed by atoms with Crippen molar-refractivity contribution in [3.8, 4) is 11.3 Å². The highest BCUT2D eigenvalue weighted by molar-refractivity contribution is 5.58. The van der Waals surface area contributed by atoms with Gasteiger partial charge in [-0.25, -0.2) is 4.39 Å². The second kappa shape index (κ2) is 7.82. The number of nitrogens with two attached hydrogens (primary N) is 1. The monoisotopic (exact) mass is 278 g/mol. The number of quaternary nitrogens is 1. The van der Waals surface area contributed by atoms with Gasteiger partial charge in [-0.3, -0.25) is 0 Å². The molecule has 108 valence electrons. The number of rotatable bonds is 8. The summed E-state index contributed by atoms with van der Waals surface area (Å²) >= 11 is 0. The first-order valence-electron chi connectivity index (χ1n) is 7.04. The van der Waals surface area contributed by atoms with Gasteiger partial charge in [-0.05, 0) is 31.2 Å². The summed E-state index contributed by atoms with van der Waals surface area (Å²) in [6.45, 7) is 5.32. The summed E-state index contributed by atoms with van der Waals surface area (Å²) in [6, 6.07) is 10.4. The van der Waals surface area contributed by atoms with Crippen LogP contribution < -0.4 is 5.32 Å². The van der Waals surface area contributed by atoms with E-state index < -0.39 is 0 Å². The lowest BCUT2D eigenvalue weighted by atomic mass is 10.1. The van der Waals surface area contributed by atoms with Crippen molar-refractivity contribution in [2.24, 2.45) is 0 Å². The maximum Gasteiger partial charge on any atom is 0.158 e. The Kier molecular flexibility index (Phi) is 5.77. The van der Waals surface area contributed by atoms with Gasteiger partial charge in [0.1, 0.15) is 18.1 Å². The second-order valence-corrected chi connectivity index (χ2v) is 4.58. The molecule has 4 heteroatoms. The van der Waals surface area contributed by atoms with Gasteiger partial charge in [0.05, 0.1) is 18.7 Å². The van der Waals surface area contributed by atoms with Crippen LogP contribution in [0.15, 0.2) is 40.8 Å². The fourth-order valence-corrected chi connectivity index (χ4v) is 2.01. The summed E-state index contributed by atoms with van der Waals surface area (Å²) in [6.07, 6.45) is 1.02. The normalized spacial score (nSPS) is 10.9. The molecule has 1 aromatic carbocycles. The predicted molar refractivity (Wildman–Crippen MR) is 75.7 cm³/mol. The van der Waals surface area contributed by atoms with Gasteiger partial charge < -0.3 is 14.5 Å². The van der Waals surface area contributed by atoms with E-state index in [4.69, 9.17) is 9.15 Å². The van der Waals surface area contributed by atoms with Crippen LogP contribution in [0.4, 0.5) is 4.39 Å². The molecule has 0 saturated heterocycles. The van der Waals surface area contributed by atoms with Crippen molar-refractivity contribution in [1.82, 2.24) is 0 Å². The molecule has 0 radical (unpaired) electrons. The Labute approximate surface area is 118 Å². The number of furan rings is 1. The Morgan fingerprint density at radius 3 is 2.85 bits per heavy atom. The van der Waals surface area contributed by atoms with Crippen LogP contribution in [0.1, 0.15) is 19.1 Å². The van der Waals surface area contributed by atoms with Crippen molar-refractivity contribution < 1.29 is 18.9 Å². The topological polar surface area (TPSA) is 39.0 Å². The zero-order valence-electron chi connectivity index (χ0n) is 11.8. The number of hydrogen-bond acceptors (Lipinski definition) is 2. The van der Waals surface area contributed by atoms with E-state index in [1.165, 1.54) is 6.07 Å². The van der Waals surface area contributed by atoms with Crippen LogP contribution in [-0.2, 0) is 11.3 Å². The first-order chi connectivity index (χ1) is 9.81. The van der Waals surface area contributed by atoms with Gasteiger partial charge in [-0.1, -0.05) is 12.1 Å². The van der Waals surface area contributed by atoms with Gasteiger partial charge in [0.2, 0.25) is 0 Å². The summed E-state index contributed by atoms with van der Waals surface area (Å²) < 4.78 is 24.6. The largest absolute Gasteiger partial charge is 0.455 e. The van der Waals surface area contributed by atoms with Crippen LogP contribution in [0, 0.1) is 5.82 Å². The summed E-state index contributed by atoms with van der Waals surface area (Å²) in [5.74, 6) is 1.19. The molecule has 20 heavy (non-hydrogen) atoms. The van der Waals surface area contributed by atoms with Crippen molar-refractivity contribution in [2.45, 2.75) is 19.9 Å². The number of hydrogen-bond donors (Lipinski definition) is 1. The van der Waals surface area contributed by atoms with Crippen molar-refractivity contribution in [3.63, 3.8) is 0 Å². The van der Waals surface area contributed by atoms with E-state index in [0.717, 1.165) is 38.5 Å². The van der Waals surface area contributed by atoms with E-state index in [1.54, 1.807) is 18.2 Å². The van der Waals surface area contributed by atoms with Crippen LogP contribution in [0.5, 0.6) is 0 Å². The molecule has 2 N–H and O–H groups in total. The SMILES string of the molecule is CCOCCC[NH2+]Cc1ccc(-c2ccccc2F)o1. The highest BCUT2D eigenvalue weighted by Gasteiger charge is 2.09. The lowest BCUT2D eigenvalue weighted by molar-refractivity contribution is -0.672. The van der Waals surface area contributed by atoms with Crippen LogP contribution in [0.25, 0.3) is 11.3 Å². The molecule has 1 aromatic heterocycles. The molecule has 0 aliphatic rings. The molecule has 0 bridgehead atoms. The van der Waals surface area contributed by atoms with E-state index in [9.17, 15) is 4.39 Å². The quantitative estimate of drug-likeness (QED) is 0.754. The third kappa shape index (κ3) is 4.18. The molecule has 2 rings (SSSR count). The first-order valence-corrected chi connectivity index (χ1v) is 7.04. The fourth-order valence-electron chi connectivity index (χ4n) is 2.01. The standard InChI is InChI=1S/C16H20FNO2/c1-2-19-11-5-10-18-12-13-8-9-16(20-13)14-6-3-4-7-15(14)17/h3-4,6-9,18H,2,5,10-12H2,1H3/p+1. The first kappa shape index (κ1) is 14.8. The molecule has 3 nitrogen and oxygen atoms in total. The summed E-state index contributed by atoms with van der Waals surface area (Å²) in [7, 11) is 0. The van der Waals surface area contributed by atoms with Gasteiger partial charge in [0, 0.05) is 13.0 Å². The Balaban J connectivity index is 1.82. The van der Waals surface area contributed by atoms with Gasteiger partial charge in [0.25, 0.3) is 0 Å². The zero-order valence-corrected chi connectivity index (χ0v) is 11.8. The molecule has 2 aromatic rings. The number of halogens is 1. The Morgan fingerprint density at radius 1 is 1.20 bits per heavy atom. The third-order valence-corrected chi connectivity index (χ3v) is 3.05. The Hall–Kier alpha value is -1.65. The molecule has 0 fully saturated rings. The van der Waals surface area contributed by atoms with Crippen molar-refractivity contribution in [3.05, 3.63) is 48.0 Å². The smallest absolute Gasteiger partial charge is 0.158 e. The molecule has 1 heterocycles. The van der Waals surface area contributed by atoms with E-state index in [1.807, 2.05) is 19.1 Å². The minimum Gasteiger partial charge on any atom is -0.455 e. The van der Waals surface area contributed by atoms with Crippen LogP contribution >= 0.6 is 0 Å². The third-order valence-electron chi connectivity index (χ3n) is 3.05. The van der Waals surface area contributed by atoms with Gasteiger partial charge in [-0.2, -0.15) is 0 Å². The molecule has 0 amide bonds. The molecular weight excluding hydrogens is 257 g/mol. The summed E-state index contributed by atoms with van der Waals surface area (Å²) in [4.78, 5) is 0. The second-order valence-electron chi connectivity index (χ2n) is 4.58. The molecule has 0 unspecified atom stereocenters. The van der Waals surface area contributed by atoms with E-state index in [2.05, 4.69) is 5.32 Å². The summed E-state index contributed by atoms with van der Waals surface area (Å²) in [5, 5.41) is 2.17. The lowest BCUT2D eigenvalue weighted by Gasteiger charge is -2.01. The van der Waals surface area contributed by atoms with Crippen molar-refractivity contribution >= 4 is 0 Å². The lowest BCUT2D eigenvalue weighted by Crippen LogP contribution is -2.82. The Bertz CT molecular complexity index is 525. The number of ether oxygens (including phenoxy) is 1. The Morgan fingerprint density at radius 2 is 2.05 bits per heavy atom. The van der Waals surface area contributed by atoms with E-state index in [0.29, 0.717) is 11.3 Å². The van der Waals surface area contributed by atoms with Crippen molar-refractivity contribution in [1.29, 1.82) is 0 Å². The fraction of sp³-hybridized carbons (Fsp3) is 0.375. The van der Waals surface area contributed by atoms with Crippen molar-refractivity contribution in [2.75, 3.05) is 19.8 Å². The minimum absolute atomic E-state index is 0.255. The maximum absolute atomic E-state index is 13.6. The maximum atomic E-state index is 13.6. The molecule has 0 saturated carbocycles. The predicted octanol–water partition coefficient (Wildman–Crippen LogP) is 2.58. The minimum atomic E-state index is -0.255. The number of benzene rings is 1. The molecular formula is C16H21FNO2+. The van der Waals surface area contributed by atoms with Gasteiger partial charge in [0.15, 0.2) is 5.76 Å². The molecule has 0 atom stereocenters. The van der Waals surface area contributed by atoms with Crippen LogP contribution in [0.2, 0.25) is 0 Å². The molecule has 0 aliphatic carbocycles. The molecule has 0 aliphatic heterocycles. The van der Waals surface area contributed by atoms with Crippen LogP contribution in [-0.4, -0.2) is 19.8 Å². The van der Waals surface area contributed by atoms with Gasteiger partial charge in [-0.15, -0.1) is 0 Å². The highest BCUT2D eigenvalue weighted by atomic mass is 19.1. The molecule has 0 spiro atoms. The van der Waals surface area contributed by atoms with Crippen LogP contribution in [0.3, 0.4) is 0 Å². The van der Waals surface area contributed by atoms with E-state index in [-0.39, 0.29) is 5.82 Å². The van der Waals surface area contributed by atoms with Gasteiger partial charge >= 0.3 is 0 Å².